The molecule has 0 saturated carbocycles. The summed E-state index contributed by atoms with van der Waals surface area (Å²) in [5.74, 6) is -0.506. The normalized spacial score (nSPS) is 18.1. The Morgan fingerprint density at radius 3 is 2.59 bits per heavy atom. The van der Waals surface area contributed by atoms with Gasteiger partial charge in [-0.15, -0.1) is 0 Å². The summed E-state index contributed by atoms with van der Waals surface area (Å²) in [6.45, 7) is 1.68. The van der Waals surface area contributed by atoms with E-state index in [1.54, 1.807) is 17.4 Å². The number of thiazole rings is 1. The third-order valence-corrected chi connectivity index (χ3v) is 6.49. The highest BCUT2D eigenvalue weighted by atomic mass is 32.1. The SMILES string of the molecule is O=C(Nc1ccc2nc(N3CCOCC3)sc2c1)C1CCN(C(=O)OCC(F)(F)F)CC1. The number of hydrogen-bond donors (Lipinski definition) is 1. The predicted octanol–water partition coefficient (Wildman–Crippen LogP) is 3.48. The second-order valence-electron chi connectivity index (χ2n) is 7.70. The first-order valence-corrected chi connectivity index (χ1v) is 11.1. The van der Waals surface area contributed by atoms with Gasteiger partial charge in [0, 0.05) is 37.8 Å². The fraction of sp³-hybridized carbons (Fsp3) is 0.550. The average molecular weight is 472 g/mol. The number of piperidine rings is 1. The first kappa shape index (κ1) is 22.6. The Hall–Kier alpha value is -2.60. The van der Waals surface area contributed by atoms with Crippen LogP contribution in [-0.4, -0.2) is 74.1 Å². The monoisotopic (exact) mass is 472 g/mol. The van der Waals surface area contributed by atoms with Crippen molar-refractivity contribution >= 4 is 44.4 Å². The smallest absolute Gasteiger partial charge is 0.422 e. The molecule has 8 nitrogen and oxygen atoms in total. The molecule has 0 aliphatic carbocycles. The molecule has 3 heterocycles. The molecular formula is C20H23F3N4O4S. The number of anilines is 2. The van der Waals surface area contributed by atoms with Crippen LogP contribution in [0.5, 0.6) is 0 Å². The van der Waals surface area contributed by atoms with Crippen LogP contribution >= 0.6 is 11.3 Å². The van der Waals surface area contributed by atoms with E-state index >= 15 is 0 Å². The number of rotatable bonds is 4. The van der Waals surface area contributed by atoms with Crippen molar-refractivity contribution in [3.05, 3.63) is 18.2 Å². The highest BCUT2D eigenvalue weighted by Crippen LogP contribution is 2.31. The number of amides is 2. The molecule has 2 amide bonds. The van der Waals surface area contributed by atoms with E-state index in [4.69, 9.17) is 4.74 Å². The molecule has 1 aromatic heterocycles. The lowest BCUT2D eigenvalue weighted by atomic mass is 9.96. The van der Waals surface area contributed by atoms with E-state index in [-0.39, 0.29) is 24.9 Å². The van der Waals surface area contributed by atoms with Gasteiger partial charge in [-0.2, -0.15) is 13.2 Å². The number of carbonyl (C=O) groups excluding carboxylic acids is 2. The lowest BCUT2D eigenvalue weighted by Crippen LogP contribution is -2.42. The van der Waals surface area contributed by atoms with Crippen LogP contribution in [0.15, 0.2) is 18.2 Å². The summed E-state index contributed by atoms with van der Waals surface area (Å²) in [5.41, 5.74) is 1.52. The number of nitrogens with one attached hydrogen (secondary N) is 1. The molecule has 174 valence electrons. The molecule has 2 fully saturated rings. The van der Waals surface area contributed by atoms with Gasteiger partial charge < -0.3 is 24.6 Å². The van der Waals surface area contributed by atoms with Crippen molar-refractivity contribution in [2.75, 3.05) is 56.2 Å². The number of halogens is 3. The second-order valence-corrected chi connectivity index (χ2v) is 8.71. The second kappa shape index (κ2) is 9.49. The molecule has 0 radical (unpaired) electrons. The van der Waals surface area contributed by atoms with Crippen LogP contribution in [0, 0.1) is 5.92 Å². The summed E-state index contributed by atoms with van der Waals surface area (Å²) in [6.07, 6.45) is -4.85. The van der Waals surface area contributed by atoms with Crippen LogP contribution < -0.4 is 10.2 Å². The molecule has 4 rings (SSSR count). The molecule has 1 aromatic carbocycles. The maximum Gasteiger partial charge on any atom is 0.422 e. The highest BCUT2D eigenvalue weighted by Gasteiger charge is 2.33. The van der Waals surface area contributed by atoms with Gasteiger partial charge in [0.05, 0.1) is 23.4 Å². The Labute approximate surface area is 186 Å². The molecule has 0 bridgehead atoms. The third-order valence-electron chi connectivity index (χ3n) is 5.41. The summed E-state index contributed by atoms with van der Waals surface area (Å²) in [4.78, 5) is 32.4. The first-order valence-electron chi connectivity index (χ1n) is 10.3. The Kier molecular flexibility index (Phi) is 6.70. The van der Waals surface area contributed by atoms with Crippen molar-refractivity contribution in [1.82, 2.24) is 9.88 Å². The van der Waals surface area contributed by atoms with E-state index in [2.05, 4.69) is 19.9 Å². The zero-order valence-corrected chi connectivity index (χ0v) is 18.0. The number of aromatic nitrogens is 1. The van der Waals surface area contributed by atoms with E-state index in [9.17, 15) is 22.8 Å². The van der Waals surface area contributed by atoms with Crippen molar-refractivity contribution < 1.29 is 32.2 Å². The number of alkyl halides is 3. The van der Waals surface area contributed by atoms with E-state index in [0.717, 1.165) is 28.4 Å². The number of carbonyl (C=O) groups is 2. The standard InChI is InChI=1S/C20H23F3N4O4S/c21-20(22,23)12-31-19(29)27-5-3-13(4-6-27)17(28)24-14-1-2-15-16(11-14)32-18(25-15)26-7-9-30-10-8-26/h1-2,11,13H,3-10,12H2,(H,24,28). The molecule has 2 aliphatic rings. The first-order chi connectivity index (χ1) is 15.3. The maximum absolute atomic E-state index is 12.7. The summed E-state index contributed by atoms with van der Waals surface area (Å²) in [7, 11) is 0. The minimum Gasteiger partial charge on any atom is -0.440 e. The lowest BCUT2D eigenvalue weighted by molar-refractivity contribution is -0.162. The van der Waals surface area contributed by atoms with Crippen molar-refractivity contribution in [2.24, 2.45) is 5.92 Å². The van der Waals surface area contributed by atoms with Gasteiger partial charge in [0.15, 0.2) is 11.7 Å². The molecule has 2 aromatic rings. The van der Waals surface area contributed by atoms with Crippen molar-refractivity contribution in [3.8, 4) is 0 Å². The molecule has 32 heavy (non-hydrogen) atoms. The number of ether oxygens (including phenoxy) is 2. The number of hydrogen-bond acceptors (Lipinski definition) is 7. The lowest BCUT2D eigenvalue weighted by Gasteiger charge is -2.30. The number of morpholine rings is 1. The minimum atomic E-state index is -4.56. The maximum atomic E-state index is 12.7. The highest BCUT2D eigenvalue weighted by molar-refractivity contribution is 7.22. The number of benzene rings is 1. The summed E-state index contributed by atoms with van der Waals surface area (Å²) >= 11 is 1.56. The van der Waals surface area contributed by atoms with Crippen LogP contribution in [0.1, 0.15) is 12.8 Å². The van der Waals surface area contributed by atoms with E-state index < -0.39 is 18.9 Å². The minimum absolute atomic E-state index is 0.172. The van der Waals surface area contributed by atoms with Gasteiger partial charge in [-0.05, 0) is 31.0 Å². The van der Waals surface area contributed by atoms with E-state index in [1.165, 1.54) is 4.90 Å². The predicted molar refractivity (Wildman–Crippen MR) is 113 cm³/mol. The Bertz CT molecular complexity index is 969. The number of nitrogens with zero attached hydrogens (tertiary/aromatic N) is 3. The molecule has 1 N–H and O–H groups in total. The topological polar surface area (TPSA) is 84.0 Å². The van der Waals surface area contributed by atoms with Gasteiger partial charge in [0.25, 0.3) is 0 Å². The van der Waals surface area contributed by atoms with Crippen LogP contribution in [0.25, 0.3) is 10.2 Å². The summed E-state index contributed by atoms with van der Waals surface area (Å²) in [5, 5.41) is 3.83. The van der Waals surface area contributed by atoms with Crippen molar-refractivity contribution in [2.45, 2.75) is 19.0 Å². The fourth-order valence-corrected chi connectivity index (χ4v) is 4.74. The largest absolute Gasteiger partial charge is 0.440 e. The number of fused-ring (bicyclic) bond motifs is 1. The van der Waals surface area contributed by atoms with Gasteiger partial charge in [0.1, 0.15) is 0 Å². The van der Waals surface area contributed by atoms with E-state index in [0.29, 0.717) is 31.7 Å². The fourth-order valence-electron chi connectivity index (χ4n) is 3.68. The average Bonchev–Trinajstić information content (AvgIpc) is 3.21. The molecule has 2 saturated heterocycles. The molecule has 0 spiro atoms. The van der Waals surface area contributed by atoms with Gasteiger partial charge in [-0.25, -0.2) is 9.78 Å². The van der Waals surface area contributed by atoms with Gasteiger partial charge in [0.2, 0.25) is 5.91 Å². The van der Waals surface area contributed by atoms with Crippen LogP contribution in [-0.2, 0) is 14.3 Å². The molecular weight excluding hydrogens is 449 g/mol. The zero-order valence-electron chi connectivity index (χ0n) is 17.2. The van der Waals surface area contributed by atoms with Crippen LogP contribution in [0.3, 0.4) is 0 Å². The third kappa shape index (κ3) is 5.60. The zero-order chi connectivity index (χ0) is 22.7. The van der Waals surface area contributed by atoms with E-state index in [1.807, 2.05) is 12.1 Å². The summed E-state index contributed by atoms with van der Waals surface area (Å²) < 4.78 is 47.2. The van der Waals surface area contributed by atoms with Gasteiger partial charge >= 0.3 is 12.3 Å². The van der Waals surface area contributed by atoms with Gasteiger partial charge in [-0.3, -0.25) is 4.79 Å². The molecule has 2 aliphatic heterocycles. The van der Waals surface area contributed by atoms with Crippen molar-refractivity contribution in [3.63, 3.8) is 0 Å². The Morgan fingerprint density at radius 1 is 1.19 bits per heavy atom. The summed E-state index contributed by atoms with van der Waals surface area (Å²) in [6, 6.07) is 5.55. The Balaban J connectivity index is 1.30. The quantitative estimate of drug-likeness (QED) is 0.734. The van der Waals surface area contributed by atoms with Crippen molar-refractivity contribution in [1.29, 1.82) is 0 Å². The van der Waals surface area contributed by atoms with Crippen LogP contribution in [0.4, 0.5) is 28.8 Å². The molecule has 0 atom stereocenters. The number of likely N-dealkylation sites (tertiary alicyclic amines) is 1. The molecule has 0 unspecified atom stereocenters. The van der Waals surface area contributed by atoms with Gasteiger partial charge in [-0.1, -0.05) is 11.3 Å². The van der Waals surface area contributed by atoms with Crippen LogP contribution in [0.2, 0.25) is 0 Å². The molecule has 12 heteroatoms. The Morgan fingerprint density at radius 2 is 1.91 bits per heavy atom.